The molecular formula is C10H20ClNO3. The van der Waals surface area contributed by atoms with Crippen LogP contribution in [0.1, 0.15) is 13.8 Å². The second kappa shape index (κ2) is 5.49. The van der Waals surface area contributed by atoms with Gasteiger partial charge in [0, 0.05) is 12.5 Å². The number of quaternary nitrogens is 1. The molecule has 0 aliphatic carbocycles. The first kappa shape index (κ1) is 16.8. The van der Waals surface area contributed by atoms with Gasteiger partial charge in [-0.05, 0) is 6.92 Å². The molecule has 0 aromatic heterocycles. The van der Waals surface area contributed by atoms with Crippen molar-refractivity contribution in [2.75, 3.05) is 27.7 Å². The molecule has 15 heavy (non-hydrogen) atoms. The Morgan fingerprint density at radius 2 is 1.87 bits per heavy atom. The first-order chi connectivity index (χ1) is 6.03. The summed E-state index contributed by atoms with van der Waals surface area (Å²) in [5.74, 6) is -2.02. The average molecular weight is 238 g/mol. The summed E-state index contributed by atoms with van der Waals surface area (Å²) in [5, 5.41) is 9.77. The van der Waals surface area contributed by atoms with Gasteiger partial charge in [-0.25, -0.2) is 4.79 Å². The fraction of sp³-hybridized carbons (Fsp3) is 0.700. The number of esters is 1. The van der Waals surface area contributed by atoms with Gasteiger partial charge in [0.15, 0.2) is 0 Å². The van der Waals surface area contributed by atoms with Crippen molar-refractivity contribution in [2.45, 2.75) is 19.6 Å². The quantitative estimate of drug-likeness (QED) is 0.255. The van der Waals surface area contributed by atoms with E-state index in [0.29, 0.717) is 11.0 Å². The third-order valence-electron chi connectivity index (χ3n) is 1.43. The topological polar surface area (TPSA) is 46.5 Å². The average Bonchev–Trinajstić information content (AvgIpc) is 1.78. The van der Waals surface area contributed by atoms with Gasteiger partial charge in [0.05, 0.1) is 21.1 Å². The SMILES string of the molecule is C=C(C)C(=O)OC(C)(O)C[N+](C)(C)C.[Cl-]. The number of aliphatic hydroxyl groups is 1. The number of carbonyl (C=O) groups is 1. The van der Waals surface area contributed by atoms with Crippen LogP contribution in [0.5, 0.6) is 0 Å². The van der Waals surface area contributed by atoms with Crippen LogP contribution in [0.2, 0.25) is 0 Å². The maximum atomic E-state index is 11.2. The fourth-order valence-electron chi connectivity index (χ4n) is 1.20. The number of ether oxygens (including phenoxy) is 1. The van der Waals surface area contributed by atoms with Crippen LogP contribution >= 0.6 is 0 Å². The molecule has 0 aliphatic heterocycles. The predicted octanol–water partition coefficient (Wildman–Crippen LogP) is -2.48. The summed E-state index contributed by atoms with van der Waals surface area (Å²) in [5.41, 5.74) is 0.284. The van der Waals surface area contributed by atoms with Crippen LogP contribution in [0.25, 0.3) is 0 Å². The minimum absolute atomic E-state index is 0. The molecule has 5 heteroatoms. The summed E-state index contributed by atoms with van der Waals surface area (Å²) < 4.78 is 5.39. The number of nitrogens with zero attached hydrogens (tertiary/aromatic N) is 1. The molecule has 0 radical (unpaired) electrons. The monoisotopic (exact) mass is 237 g/mol. The van der Waals surface area contributed by atoms with Gasteiger partial charge in [0.2, 0.25) is 0 Å². The lowest BCUT2D eigenvalue weighted by Crippen LogP contribution is -3.00. The first-order valence-electron chi connectivity index (χ1n) is 4.45. The predicted molar refractivity (Wildman–Crippen MR) is 54.4 cm³/mol. The highest BCUT2D eigenvalue weighted by atomic mass is 35.5. The summed E-state index contributed by atoms with van der Waals surface area (Å²) in [6.45, 7) is 6.79. The number of hydrogen-bond acceptors (Lipinski definition) is 3. The van der Waals surface area contributed by atoms with Gasteiger partial charge in [-0.2, -0.15) is 0 Å². The molecule has 0 amide bonds. The molecule has 0 heterocycles. The van der Waals surface area contributed by atoms with Gasteiger partial charge < -0.3 is 26.7 Å². The van der Waals surface area contributed by atoms with E-state index in [-0.39, 0.29) is 18.0 Å². The second-order valence-corrected chi connectivity index (χ2v) is 4.79. The highest BCUT2D eigenvalue weighted by molar-refractivity contribution is 5.87. The zero-order valence-electron chi connectivity index (χ0n) is 10.0. The van der Waals surface area contributed by atoms with Gasteiger partial charge in [0.25, 0.3) is 5.79 Å². The van der Waals surface area contributed by atoms with Crippen molar-refractivity contribution in [1.82, 2.24) is 0 Å². The van der Waals surface area contributed by atoms with E-state index in [4.69, 9.17) is 4.74 Å². The molecule has 1 N–H and O–H groups in total. The second-order valence-electron chi connectivity index (χ2n) is 4.79. The molecule has 0 aliphatic rings. The Morgan fingerprint density at radius 1 is 1.47 bits per heavy atom. The first-order valence-corrected chi connectivity index (χ1v) is 4.45. The van der Waals surface area contributed by atoms with Crippen LogP contribution in [-0.2, 0) is 9.53 Å². The lowest BCUT2D eigenvalue weighted by atomic mass is 10.2. The summed E-state index contributed by atoms with van der Waals surface area (Å²) in [6, 6.07) is 0. The maximum Gasteiger partial charge on any atom is 0.335 e. The molecule has 1 atom stereocenters. The number of halogens is 1. The molecule has 1 unspecified atom stereocenters. The summed E-state index contributed by atoms with van der Waals surface area (Å²) in [4.78, 5) is 11.2. The van der Waals surface area contributed by atoms with E-state index in [1.807, 2.05) is 21.1 Å². The largest absolute Gasteiger partial charge is 1.00 e. The van der Waals surface area contributed by atoms with Crippen LogP contribution < -0.4 is 12.4 Å². The molecule has 0 saturated heterocycles. The van der Waals surface area contributed by atoms with E-state index in [2.05, 4.69) is 6.58 Å². The minimum Gasteiger partial charge on any atom is -1.00 e. The smallest absolute Gasteiger partial charge is 0.335 e. The van der Waals surface area contributed by atoms with Gasteiger partial charge in [-0.15, -0.1) is 0 Å². The van der Waals surface area contributed by atoms with E-state index >= 15 is 0 Å². The van der Waals surface area contributed by atoms with Gasteiger partial charge in [-0.1, -0.05) is 6.58 Å². The molecule has 0 bridgehead atoms. The van der Waals surface area contributed by atoms with Crippen LogP contribution in [0.15, 0.2) is 12.2 Å². The van der Waals surface area contributed by atoms with Crippen molar-refractivity contribution in [2.24, 2.45) is 0 Å². The Hall–Kier alpha value is -0.580. The zero-order chi connectivity index (χ0) is 11.6. The van der Waals surface area contributed by atoms with E-state index < -0.39 is 11.8 Å². The van der Waals surface area contributed by atoms with Crippen molar-refractivity contribution >= 4 is 5.97 Å². The molecular weight excluding hydrogens is 218 g/mol. The highest BCUT2D eigenvalue weighted by Crippen LogP contribution is 2.12. The molecule has 0 spiro atoms. The van der Waals surface area contributed by atoms with Crippen LogP contribution in [-0.4, -0.2) is 49.0 Å². The van der Waals surface area contributed by atoms with Gasteiger partial charge in [-0.3, -0.25) is 0 Å². The molecule has 4 nitrogen and oxygen atoms in total. The van der Waals surface area contributed by atoms with Gasteiger partial charge >= 0.3 is 5.97 Å². The fourth-order valence-corrected chi connectivity index (χ4v) is 1.20. The molecule has 0 saturated carbocycles. The zero-order valence-corrected chi connectivity index (χ0v) is 10.8. The Bertz CT molecular complexity index is 244. The van der Waals surface area contributed by atoms with Crippen molar-refractivity contribution in [3.05, 3.63) is 12.2 Å². The number of hydrogen-bond donors (Lipinski definition) is 1. The normalized spacial score (nSPS) is 14.8. The highest BCUT2D eigenvalue weighted by Gasteiger charge is 2.32. The molecule has 0 aromatic carbocycles. The maximum absolute atomic E-state index is 11.2. The third kappa shape index (κ3) is 8.42. The van der Waals surface area contributed by atoms with E-state index in [0.717, 1.165) is 0 Å². The number of likely N-dealkylation sites (N-methyl/N-ethyl adjacent to an activating group) is 1. The van der Waals surface area contributed by atoms with Crippen molar-refractivity contribution < 1.29 is 31.5 Å². The van der Waals surface area contributed by atoms with Crippen molar-refractivity contribution in [1.29, 1.82) is 0 Å². The minimum atomic E-state index is -1.45. The Balaban J connectivity index is 0. The van der Waals surface area contributed by atoms with Crippen LogP contribution in [0, 0.1) is 0 Å². The van der Waals surface area contributed by atoms with E-state index in [9.17, 15) is 9.90 Å². The molecule has 0 aromatic rings. The van der Waals surface area contributed by atoms with Crippen LogP contribution in [0.3, 0.4) is 0 Å². The van der Waals surface area contributed by atoms with E-state index in [1.165, 1.54) is 6.92 Å². The molecule has 0 rings (SSSR count). The summed E-state index contributed by atoms with van der Waals surface area (Å²) in [6.07, 6.45) is 0. The number of carbonyl (C=O) groups excluding carboxylic acids is 1. The van der Waals surface area contributed by atoms with Crippen LogP contribution in [0.4, 0.5) is 0 Å². The van der Waals surface area contributed by atoms with Crippen molar-refractivity contribution in [3.8, 4) is 0 Å². The number of rotatable bonds is 4. The Kier molecular flexibility index (Phi) is 6.16. The Labute approximate surface area is 97.5 Å². The summed E-state index contributed by atoms with van der Waals surface area (Å²) >= 11 is 0. The molecule has 0 fully saturated rings. The standard InChI is InChI=1S/C10H20NO3.ClH/c1-8(2)9(12)14-10(3,13)7-11(4,5)6;/h13H,1,7H2,2-6H3;1H/q+1;/p-1. The molecule has 90 valence electrons. The summed E-state index contributed by atoms with van der Waals surface area (Å²) in [7, 11) is 5.72. The van der Waals surface area contributed by atoms with Crippen molar-refractivity contribution in [3.63, 3.8) is 0 Å². The van der Waals surface area contributed by atoms with Gasteiger partial charge in [0.1, 0.15) is 6.54 Å². The lowest BCUT2D eigenvalue weighted by Gasteiger charge is -2.32. The third-order valence-corrected chi connectivity index (χ3v) is 1.43. The van der Waals surface area contributed by atoms with E-state index in [1.54, 1.807) is 6.92 Å². The Morgan fingerprint density at radius 3 is 2.13 bits per heavy atom. The lowest BCUT2D eigenvalue weighted by molar-refractivity contribution is -0.880.